The maximum absolute atomic E-state index is 12.6. The van der Waals surface area contributed by atoms with Gasteiger partial charge in [-0.2, -0.15) is 0 Å². The number of ether oxygens (including phenoxy) is 3. The molecule has 31 heavy (non-hydrogen) atoms. The number of nitrogens with one attached hydrogen (secondary N) is 2. The van der Waals surface area contributed by atoms with Crippen LogP contribution in [0.15, 0.2) is 30.3 Å². The van der Waals surface area contributed by atoms with Gasteiger partial charge in [0.1, 0.15) is 6.10 Å². The standard InChI is InChI=1S/C22H36N2O5.C2H6/c1-16(2)12-23-13-20(25)19(11-17-7-5-4-6-8-17)24-22(26)29-21(15-27-3)18-9-10-28-14-18;1-2/h4-8,16,18-21,23,25H,9-15H2,1-3H3,(H,24,26);1-2H3. The summed E-state index contributed by atoms with van der Waals surface area (Å²) in [7, 11) is 1.59. The number of carbonyl (C=O) groups excluding carboxylic acids is 1. The number of methoxy groups -OCH3 is 1. The molecule has 1 aromatic rings. The lowest BCUT2D eigenvalue weighted by Crippen LogP contribution is -2.50. The van der Waals surface area contributed by atoms with Crippen LogP contribution >= 0.6 is 0 Å². The fourth-order valence-electron chi connectivity index (χ4n) is 3.41. The van der Waals surface area contributed by atoms with Crippen molar-refractivity contribution in [3.8, 4) is 0 Å². The smallest absolute Gasteiger partial charge is 0.407 e. The van der Waals surface area contributed by atoms with E-state index in [0.29, 0.717) is 38.7 Å². The Kier molecular flexibility index (Phi) is 14.2. The molecular weight excluding hydrogens is 396 g/mol. The number of rotatable bonds is 12. The molecule has 1 aromatic carbocycles. The van der Waals surface area contributed by atoms with Crippen molar-refractivity contribution in [2.24, 2.45) is 11.8 Å². The monoisotopic (exact) mass is 438 g/mol. The van der Waals surface area contributed by atoms with Gasteiger partial charge in [-0.25, -0.2) is 4.79 Å². The van der Waals surface area contributed by atoms with Gasteiger partial charge >= 0.3 is 6.09 Å². The lowest BCUT2D eigenvalue weighted by atomic mass is 10.0. The van der Waals surface area contributed by atoms with Gasteiger partial charge in [0, 0.05) is 26.2 Å². The number of benzene rings is 1. The van der Waals surface area contributed by atoms with E-state index in [-0.39, 0.29) is 12.0 Å². The molecule has 3 N–H and O–H groups in total. The summed E-state index contributed by atoms with van der Waals surface area (Å²) in [6.45, 7) is 11.0. The van der Waals surface area contributed by atoms with Crippen LogP contribution in [0, 0.1) is 11.8 Å². The number of hydrogen-bond donors (Lipinski definition) is 3. The molecule has 0 bridgehead atoms. The summed E-state index contributed by atoms with van der Waals surface area (Å²) in [6.07, 6.45) is -0.283. The van der Waals surface area contributed by atoms with Crippen LogP contribution in [0.4, 0.5) is 4.79 Å². The quantitative estimate of drug-likeness (QED) is 0.465. The summed E-state index contributed by atoms with van der Waals surface area (Å²) in [5.41, 5.74) is 1.04. The van der Waals surface area contributed by atoms with Crippen molar-refractivity contribution in [3.63, 3.8) is 0 Å². The van der Waals surface area contributed by atoms with Gasteiger partial charge in [-0.15, -0.1) is 0 Å². The average molecular weight is 439 g/mol. The molecule has 7 nitrogen and oxygen atoms in total. The zero-order valence-corrected chi connectivity index (χ0v) is 19.8. The molecule has 1 aliphatic rings. The highest BCUT2D eigenvalue weighted by molar-refractivity contribution is 5.68. The minimum Gasteiger partial charge on any atom is -0.443 e. The van der Waals surface area contributed by atoms with E-state index < -0.39 is 18.2 Å². The van der Waals surface area contributed by atoms with Gasteiger partial charge < -0.3 is 30.0 Å². The predicted molar refractivity (Wildman–Crippen MR) is 123 cm³/mol. The van der Waals surface area contributed by atoms with Crippen LogP contribution in [-0.4, -0.2) is 69.5 Å². The first-order valence-corrected chi connectivity index (χ1v) is 11.5. The molecule has 0 saturated carbocycles. The van der Waals surface area contributed by atoms with E-state index in [4.69, 9.17) is 14.2 Å². The van der Waals surface area contributed by atoms with Crippen LogP contribution in [0.3, 0.4) is 0 Å². The number of hydrogen-bond acceptors (Lipinski definition) is 6. The molecular formula is C24H42N2O5. The summed E-state index contributed by atoms with van der Waals surface area (Å²) >= 11 is 0. The summed E-state index contributed by atoms with van der Waals surface area (Å²) in [6, 6.07) is 9.34. The van der Waals surface area contributed by atoms with Crippen LogP contribution in [0.1, 0.15) is 39.7 Å². The largest absolute Gasteiger partial charge is 0.443 e. The third kappa shape index (κ3) is 11.0. The molecule has 4 atom stereocenters. The summed E-state index contributed by atoms with van der Waals surface area (Å²) < 4.78 is 16.3. The predicted octanol–water partition coefficient (Wildman–Crippen LogP) is 3.01. The van der Waals surface area contributed by atoms with Gasteiger partial charge in [0.2, 0.25) is 0 Å². The maximum atomic E-state index is 12.6. The van der Waals surface area contributed by atoms with E-state index in [9.17, 15) is 9.90 Å². The molecule has 0 aromatic heterocycles. The summed E-state index contributed by atoms with van der Waals surface area (Å²) in [5.74, 6) is 0.613. The lowest BCUT2D eigenvalue weighted by molar-refractivity contribution is 0.000252. The van der Waals surface area contributed by atoms with Crippen molar-refractivity contribution >= 4 is 6.09 Å². The van der Waals surface area contributed by atoms with E-state index in [1.807, 2.05) is 44.2 Å². The second-order valence-electron chi connectivity index (χ2n) is 8.08. The zero-order chi connectivity index (χ0) is 23.1. The molecule has 178 valence electrons. The minimum atomic E-state index is -0.739. The van der Waals surface area contributed by atoms with Gasteiger partial charge in [-0.1, -0.05) is 58.0 Å². The number of aliphatic hydroxyl groups excluding tert-OH is 1. The number of amides is 1. The van der Waals surface area contributed by atoms with Gasteiger partial charge in [-0.3, -0.25) is 0 Å². The van der Waals surface area contributed by atoms with Crippen LogP contribution in [0.5, 0.6) is 0 Å². The Morgan fingerprint density at radius 2 is 1.94 bits per heavy atom. The van der Waals surface area contributed by atoms with E-state index in [1.54, 1.807) is 7.11 Å². The number of aliphatic hydroxyl groups is 1. The van der Waals surface area contributed by atoms with Crippen molar-refractivity contribution in [3.05, 3.63) is 35.9 Å². The van der Waals surface area contributed by atoms with Crippen molar-refractivity contribution < 1.29 is 24.1 Å². The second kappa shape index (κ2) is 16.0. The second-order valence-corrected chi connectivity index (χ2v) is 8.08. The topological polar surface area (TPSA) is 89.1 Å². The van der Waals surface area contributed by atoms with Gasteiger partial charge in [-0.05, 0) is 30.9 Å². The Hall–Kier alpha value is -1.67. The molecule has 1 heterocycles. The highest BCUT2D eigenvalue weighted by Crippen LogP contribution is 2.20. The van der Waals surface area contributed by atoms with Crippen molar-refractivity contribution in [2.45, 2.75) is 58.8 Å². The lowest BCUT2D eigenvalue weighted by Gasteiger charge is -2.27. The molecule has 0 radical (unpaired) electrons. The van der Waals surface area contributed by atoms with Crippen LogP contribution in [-0.2, 0) is 20.6 Å². The maximum Gasteiger partial charge on any atom is 0.407 e. The molecule has 1 saturated heterocycles. The first kappa shape index (κ1) is 27.4. The molecule has 1 aliphatic heterocycles. The Morgan fingerprint density at radius 1 is 1.23 bits per heavy atom. The summed E-state index contributed by atoms with van der Waals surface area (Å²) in [4.78, 5) is 12.6. The van der Waals surface area contributed by atoms with Crippen molar-refractivity contribution in [2.75, 3.05) is 40.0 Å². The molecule has 7 heteroatoms. The fourth-order valence-corrected chi connectivity index (χ4v) is 3.41. The van der Waals surface area contributed by atoms with Gasteiger partial charge in [0.15, 0.2) is 0 Å². The van der Waals surface area contributed by atoms with E-state index in [1.165, 1.54) is 0 Å². The molecule has 0 aliphatic carbocycles. The van der Waals surface area contributed by atoms with E-state index >= 15 is 0 Å². The van der Waals surface area contributed by atoms with Crippen LogP contribution < -0.4 is 10.6 Å². The Balaban J connectivity index is 0.00000233. The zero-order valence-electron chi connectivity index (χ0n) is 19.8. The summed E-state index contributed by atoms with van der Waals surface area (Å²) in [5, 5.41) is 16.8. The van der Waals surface area contributed by atoms with Gasteiger partial charge in [0.25, 0.3) is 0 Å². The van der Waals surface area contributed by atoms with Crippen molar-refractivity contribution in [1.82, 2.24) is 10.6 Å². The van der Waals surface area contributed by atoms with E-state index in [0.717, 1.165) is 18.5 Å². The van der Waals surface area contributed by atoms with Gasteiger partial charge in [0.05, 0.1) is 25.4 Å². The molecule has 0 spiro atoms. The normalized spacial score (nSPS) is 18.6. The Labute approximate surface area is 187 Å². The first-order valence-electron chi connectivity index (χ1n) is 11.5. The third-order valence-corrected chi connectivity index (χ3v) is 5.05. The van der Waals surface area contributed by atoms with E-state index in [2.05, 4.69) is 24.5 Å². The first-order chi connectivity index (χ1) is 15.0. The fraction of sp³-hybridized carbons (Fsp3) is 0.708. The molecule has 2 rings (SSSR count). The average Bonchev–Trinajstić information content (AvgIpc) is 3.30. The molecule has 1 amide bonds. The third-order valence-electron chi connectivity index (χ3n) is 5.05. The van der Waals surface area contributed by atoms with Crippen molar-refractivity contribution in [1.29, 1.82) is 0 Å². The highest BCUT2D eigenvalue weighted by Gasteiger charge is 2.30. The molecule has 4 unspecified atom stereocenters. The number of carbonyl (C=O) groups is 1. The van der Waals surface area contributed by atoms with Crippen LogP contribution in [0.2, 0.25) is 0 Å². The van der Waals surface area contributed by atoms with Crippen LogP contribution in [0.25, 0.3) is 0 Å². The Morgan fingerprint density at radius 3 is 2.52 bits per heavy atom. The minimum absolute atomic E-state index is 0.130. The number of alkyl carbamates (subject to hydrolysis) is 1. The molecule has 1 fully saturated rings. The SMILES string of the molecule is CC.COCC(OC(=O)NC(Cc1ccccc1)C(O)CNCC(C)C)C1CCOC1. The Bertz CT molecular complexity index is 579. The highest BCUT2D eigenvalue weighted by atomic mass is 16.6.